The quantitative estimate of drug-likeness (QED) is 0.118. The highest BCUT2D eigenvalue weighted by Gasteiger charge is 2.45. The molecule has 0 aliphatic carbocycles. The Balaban J connectivity index is 2.03. The number of hydrogen-bond donors (Lipinski definition) is 1. The van der Waals surface area contributed by atoms with Gasteiger partial charge in [0, 0.05) is 21.5 Å². The lowest BCUT2D eigenvalue weighted by atomic mass is 9.98. The van der Waals surface area contributed by atoms with Gasteiger partial charge >= 0.3 is 19.5 Å². The Kier molecular flexibility index (Phi) is 11.8. The number of ether oxygens (including phenoxy) is 3. The number of nitrogens with one attached hydrogen (secondary N) is 1. The van der Waals surface area contributed by atoms with E-state index in [2.05, 4.69) is 5.32 Å². The summed E-state index contributed by atoms with van der Waals surface area (Å²) in [5.74, 6) is -1.44. The first-order chi connectivity index (χ1) is 20.6. The molecule has 1 aromatic heterocycles. The molecule has 1 atom stereocenters. The molecular formula is C31H37ClNO9PS. The summed E-state index contributed by atoms with van der Waals surface area (Å²) in [5.41, 5.74) is -2.37. The predicted octanol–water partition coefficient (Wildman–Crippen LogP) is 7.71. The van der Waals surface area contributed by atoms with Crippen molar-refractivity contribution in [2.45, 2.75) is 47.2 Å². The highest BCUT2D eigenvalue weighted by molar-refractivity contribution is 7.55. The lowest BCUT2D eigenvalue weighted by Gasteiger charge is -2.27. The Morgan fingerprint density at radius 2 is 1.55 bits per heavy atom. The van der Waals surface area contributed by atoms with Gasteiger partial charge in [0.05, 0.1) is 17.9 Å². The second kappa shape index (κ2) is 14.7. The number of carbonyl (C=O) groups excluding carboxylic acids is 3. The normalized spacial score (nSPS) is 13.1. The Morgan fingerprint density at radius 3 is 2.11 bits per heavy atom. The third kappa shape index (κ3) is 9.15. The van der Waals surface area contributed by atoms with Gasteiger partial charge in [-0.15, -0.1) is 11.3 Å². The van der Waals surface area contributed by atoms with Crippen molar-refractivity contribution in [1.29, 1.82) is 0 Å². The monoisotopic (exact) mass is 665 g/mol. The van der Waals surface area contributed by atoms with Gasteiger partial charge in [0.1, 0.15) is 5.75 Å². The molecule has 3 rings (SSSR count). The zero-order chi connectivity index (χ0) is 32.7. The van der Waals surface area contributed by atoms with Gasteiger partial charge < -0.3 is 19.5 Å². The predicted molar refractivity (Wildman–Crippen MR) is 170 cm³/mol. The van der Waals surface area contributed by atoms with Crippen LogP contribution in [0.4, 0.5) is 0 Å². The van der Waals surface area contributed by atoms with E-state index in [1.807, 2.05) is 12.1 Å². The van der Waals surface area contributed by atoms with Crippen LogP contribution in [0.1, 0.15) is 58.3 Å². The summed E-state index contributed by atoms with van der Waals surface area (Å²) >= 11 is 7.58. The van der Waals surface area contributed by atoms with Crippen LogP contribution in [-0.4, -0.2) is 38.5 Å². The van der Waals surface area contributed by atoms with Crippen LogP contribution in [0.2, 0.25) is 5.02 Å². The van der Waals surface area contributed by atoms with Gasteiger partial charge in [-0.05, 0) is 88.2 Å². The molecule has 238 valence electrons. The summed E-state index contributed by atoms with van der Waals surface area (Å²) in [6, 6.07) is 12.3. The average molecular weight is 666 g/mol. The number of halogens is 1. The van der Waals surface area contributed by atoms with Gasteiger partial charge in [-0.25, -0.2) is 0 Å². The molecule has 1 N–H and O–H groups in total. The van der Waals surface area contributed by atoms with E-state index in [1.54, 1.807) is 83.3 Å². The molecule has 0 fully saturated rings. The fraction of sp³-hybridized carbons (Fsp3) is 0.387. The number of hydrogen-bond acceptors (Lipinski definition) is 10. The minimum Gasteiger partial charge on any atom is -0.496 e. The first-order valence-corrected chi connectivity index (χ1v) is 16.4. The van der Waals surface area contributed by atoms with Gasteiger partial charge in [0.25, 0.3) is 0 Å². The van der Waals surface area contributed by atoms with Crippen LogP contribution < -0.4 is 10.1 Å². The van der Waals surface area contributed by atoms with Crippen LogP contribution in [0, 0.1) is 10.8 Å². The highest BCUT2D eigenvalue weighted by atomic mass is 35.5. The summed E-state index contributed by atoms with van der Waals surface area (Å²) in [6.07, 6.45) is 2.98. The molecule has 10 nitrogen and oxygen atoms in total. The van der Waals surface area contributed by atoms with Gasteiger partial charge in [-0.3, -0.25) is 28.0 Å². The minimum absolute atomic E-state index is 0.295. The summed E-state index contributed by atoms with van der Waals surface area (Å²) in [6.45, 7) is 8.28. The Bertz CT molecular complexity index is 1540. The zero-order valence-corrected chi connectivity index (χ0v) is 28.1. The van der Waals surface area contributed by atoms with Crippen molar-refractivity contribution in [3.8, 4) is 5.75 Å². The number of methoxy groups -OCH3 is 1. The molecule has 1 amide bonds. The van der Waals surface area contributed by atoms with Gasteiger partial charge in [-0.1, -0.05) is 29.8 Å². The number of para-hydroxylation sites is 1. The Morgan fingerprint density at radius 1 is 0.955 bits per heavy atom. The Labute approximate surface area is 266 Å². The number of amides is 1. The third-order valence-electron chi connectivity index (χ3n) is 6.12. The largest absolute Gasteiger partial charge is 0.496 e. The first kappa shape index (κ1) is 35.3. The molecule has 1 unspecified atom stereocenters. The number of esters is 2. The van der Waals surface area contributed by atoms with Crippen LogP contribution in [0.25, 0.3) is 16.2 Å². The molecule has 0 saturated carbocycles. The molecule has 0 bridgehead atoms. The number of rotatable bonds is 12. The SMILES string of the molecule is COc1ccccc1C=CNC(=O)C(c1csc2ccc(Cl)cc12)P(=O)(OCOC(=O)C(C)(C)C)OCOC(=O)C(C)(C)C. The lowest BCUT2D eigenvalue weighted by Crippen LogP contribution is -2.29. The lowest BCUT2D eigenvalue weighted by molar-refractivity contribution is -0.162. The van der Waals surface area contributed by atoms with Crippen molar-refractivity contribution in [1.82, 2.24) is 5.32 Å². The van der Waals surface area contributed by atoms with Crippen molar-refractivity contribution in [3.63, 3.8) is 0 Å². The average Bonchev–Trinajstić information content (AvgIpc) is 3.34. The smallest absolute Gasteiger partial charge is 0.353 e. The first-order valence-electron chi connectivity index (χ1n) is 13.6. The van der Waals surface area contributed by atoms with E-state index in [0.717, 1.165) is 4.70 Å². The van der Waals surface area contributed by atoms with Crippen molar-refractivity contribution in [3.05, 3.63) is 70.2 Å². The van der Waals surface area contributed by atoms with Crippen molar-refractivity contribution in [2.24, 2.45) is 10.8 Å². The standard InChI is InChI=1S/C31H37ClNO9PS/c1-30(2,3)28(35)39-18-41-43(37,42-19-40-29(36)31(4,5)6)26(23-17-44-25-13-12-21(32)16-22(23)25)27(34)33-15-14-20-10-8-9-11-24(20)38-7/h8-17,26H,18-19H2,1-7H3,(H,33,34). The molecule has 0 aliphatic heterocycles. The molecule has 1 heterocycles. The van der Waals surface area contributed by atoms with E-state index < -0.39 is 55.5 Å². The van der Waals surface area contributed by atoms with E-state index >= 15 is 0 Å². The van der Waals surface area contributed by atoms with E-state index in [4.69, 9.17) is 34.9 Å². The second-order valence-corrected chi connectivity index (χ2v) is 15.2. The number of thiophene rings is 1. The summed E-state index contributed by atoms with van der Waals surface area (Å²) in [5, 5.41) is 5.24. The van der Waals surface area contributed by atoms with Gasteiger partial charge in [0.2, 0.25) is 19.5 Å². The summed E-state index contributed by atoms with van der Waals surface area (Å²) in [7, 11) is -3.07. The highest BCUT2D eigenvalue weighted by Crippen LogP contribution is 2.62. The van der Waals surface area contributed by atoms with E-state index in [1.165, 1.54) is 24.6 Å². The molecule has 0 radical (unpaired) electrons. The molecule has 0 saturated heterocycles. The number of benzene rings is 2. The van der Waals surface area contributed by atoms with Crippen LogP contribution in [0.3, 0.4) is 0 Å². The van der Waals surface area contributed by atoms with E-state index in [-0.39, 0.29) is 0 Å². The second-order valence-electron chi connectivity index (χ2n) is 11.7. The van der Waals surface area contributed by atoms with Crippen molar-refractivity contribution < 1.29 is 42.2 Å². The fourth-order valence-electron chi connectivity index (χ4n) is 3.71. The van der Waals surface area contributed by atoms with Crippen molar-refractivity contribution in [2.75, 3.05) is 20.7 Å². The van der Waals surface area contributed by atoms with Crippen LogP contribution in [0.5, 0.6) is 5.75 Å². The zero-order valence-electron chi connectivity index (χ0n) is 25.7. The molecular weight excluding hydrogens is 629 g/mol. The van der Waals surface area contributed by atoms with Crippen molar-refractivity contribution >= 4 is 64.5 Å². The molecule has 0 aliphatic rings. The maximum atomic E-state index is 14.6. The fourth-order valence-corrected chi connectivity index (χ4v) is 6.64. The molecule has 2 aromatic carbocycles. The van der Waals surface area contributed by atoms with Crippen LogP contribution in [-0.2, 0) is 37.5 Å². The minimum atomic E-state index is -4.60. The van der Waals surface area contributed by atoms with Crippen LogP contribution in [0.15, 0.2) is 54.0 Å². The molecule has 44 heavy (non-hydrogen) atoms. The number of fused-ring (bicyclic) bond motifs is 1. The van der Waals surface area contributed by atoms with E-state index in [0.29, 0.717) is 27.3 Å². The maximum Gasteiger partial charge on any atom is 0.353 e. The molecule has 13 heteroatoms. The summed E-state index contributed by atoms with van der Waals surface area (Å²) < 4.78 is 42.4. The van der Waals surface area contributed by atoms with E-state index in [9.17, 15) is 18.9 Å². The summed E-state index contributed by atoms with van der Waals surface area (Å²) in [4.78, 5) is 38.8. The topological polar surface area (TPSA) is 126 Å². The van der Waals surface area contributed by atoms with Crippen LogP contribution >= 0.6 is 30.5 Å². The Hall–Kier alpha value is -3.21. The maximum absolute atomic E-state index is 14.6. The molecule has 0 spiro atoms. The molecule has 3 aromatic rings. The third-order valence-corrected chi connectivity index (χ3v) is 9.41. The van der Waals surface area contributed by atoms with Gasteiger partial charge in [-0.2, -0.15) is 0 Å². The number of carbonyl (C=O) groups is 3. The van der Waals surface area contributed by atoms with Gasteiger partial charge in [0.15, 0.2) is 5.66 Å².